The highest BCUT2D eigenvalue weighted by atomic mass is 32.2. The first kappa shape index (κ1) is 15.3. The van der Waals surface area contributed by atoms with Gasteiger partial charge in [0, 0.05) is 13.6 Å². The van der Waals surface area contributed by atoms with Gasteiger partial charge >= 0.3 is 5.97 Å². The zero-order valence-corrected chi connectivity index (χ0v) is 10.7. The van der Waals surface area contributed by atoms with E-state index >= 15 is 0 Å². The van der Waals surface area contributed by atoms with E-state index in [4.69, 9.17) is 5.11 Å². The number of nitrogens with zero attached hydrogens (tertiary/aromatic N) is 1. The van der Waals surface area contributed by atoms with Crippen LogP contribution in [-0.4, -0.2) is 43.4 Å². The number of rotatable bonds is 8. The third-order valence-electron chi connectivity index (χ3n) is 2.23. The summed E-state index contributed by atoms with van der Waals surface area (Å²) >= 11 is 0. The maximum Gasteiger partial charge on any atom is 0.321 e. The van der Waals surface area contributed by atoms with Crippen LogP contribution in [-0.2, 0) is 15.0 Å². The lowest BCUT2D eigenvalue weighted by atomic mass is 10.2. The molecule has 0 aromatic heterocycles. The second-order valence-corrected chi connectivity index (χ2v) is 5.41. The zero-order chi connectivity index (χ0) is 12.8. The lowest BCUT2D eigenvalue weighted by molar-refractivity contribution is -0.139. The fourth-order valence-corrected chi connectivity index (χ4v) is 2.26. The van der Waals surface area contributed by atoms with E-state index in [0.717, 1.165) is 17.1 Å². The first-order chi connectivity index (χ1) is 7.35. The molecule has 0 aliphatic rings. The Kier molecular flexibility index (Phi) is 6.54. The Hall–Kier alpha value is -0.660. The number of hydrogen-bond acceptors (Lipinski definition) is 3. The van der Waals surface area contributed by atoms with E-state index < -0.39 is 22.2 Å². The number of aliphatic carboxylic acids is 1. The molecule has 6 nitrogen and oxygen atoms in total. The lowest BCUT2D eigenvalue weighted by Gasteiger charge is -2.20. The summed E-state index contributed by atoms with van der Waals surface area (Å²) in [4.78, 5) is 10.7. The van der Waals surface area contributed by atoms with Crippen LogP contribution in [0.4, 0.5) is 0 Å². The van der Waals surface area contributed by atoms with E-state index in [9.17, 15) is 13.2 Å². The molecule has 0 heterocycles. The monoisotopic (exact) mass is 252 g/mol. The molecular weight excluding hydrogens is 232 g/mol. The van der Waals surface area contributed by atoms with E-state index in [1.807, 2.05) is 6.92 Å². The van der Waals surface area contributed by atoms with Gasteiger partial charge in [0.2, 0.25) is 0 Å². The summed E-state index contributed by atoms with van der Waals surface area (Å²) in [6.45, 7) is 3.97. The lowest BCUT2D eigenvalue weighted by Crippen LogP contribution is -2.47. The minimum Gasteiger partial charge on any atom is -0.480 e. The molecule has 0 aromatic rings. The molecule has 96 valence electrons. The predicted octanol–water partition coefficient (Wildman–Crippen LogP) is 0.416. The highest BCUT2D eigenvalue weighted by molar-refractivity contribution is 7.87. The van der Waals surface area contributed by atoms with Crippen LogP contribution in [0.25, 0.3) is 0 Å². The van der Waals surface area contributed by atoms with Gasteiger partial charge in [0.1, 0.15) is 6.04 Å². The van der Waals surface area contributed by atoms with E-state index in [1.165, 1.54) is 7.05 Å². The Morgan fingerprint density at radius 3 is 2.38 bits per heavy atom. The molecular formula is C9H20N2O4S. The van der Waals surface area contributed by atoms with Crippen molar-refractivity contribution in [1.82, 2.24) is 9.03 Å². The maximum absolute atomic E-state index is 11.7. The van der Waals surface area contributed by atoms with E-state index in [-0.39, 0.29) is 6.42 Å². The summed E-state index contributed by atoms with van der Waals surface area (Å²) in [6.07, 6.45) is 1.85. The number of carboxylic acid groups (broad SMARTS) is 1. The molecule has 0 radical (unpaired) electrons. The van der Waals surface area contributed by atoms with Gasteiger partial charge in [-0.2, -0.15) is 17.4 Å². The molecule has 2 N–H and O–H groups in total. The van der Waals surface area contributed by atoms with Crippen molar-refractivity contribution < 1.29 is 18.3 Å². The summed E-state index contributed by atoms with van der Waals surface area (Å²) in [7, 11) is -2.25. The highest BCUT2D eigenvalue weighted by Crippen LogP contribution is 2.01. The van der Waals surface area contributed by atoms with Crippen LogP contribution >= 0.6 is 0 Å². The summed E-state index contributed by atoms with van der Waals surface area (Å²) < 4.78 is 26.6. The normalized spacial score (nSPS) is 14.0. The molecule has 0 saturated carbocycles. The number of carboxylic acids is 1. The van der Waals surface area contributed by atoms with Crippen molar-refractivity contribution in [2.45, 2.75) is 39.2 Å². The number of carbonyl (C=O) groups is 1. The fourth-order valence-electron chi connectivity index (χ4n) is 1.08. The molecule has 7 heteroatoms. The molecule has 0 aliphatic carbocycles. The van der Waals surface area contributed by atoms with Crippen LogP contribution in [0.1, 0.15) is 33.1 Å². The summed E-state index contributed by atoms with van der Waals surface area (Å²) in [5, 5.41) is 8.75. The molecule has 16 heavy (non-hydrogen) atoms. The van der Waals surface area contributed by atoms with Crippen LogP contribution < -0.4 is 4.72 Å². The molecule has 0 rings (SSSR count). The molecule has 0 aliphatic heterocycles. The molecule has 0 aromatic carbocycles. The molecule has 1 atom stereocenters. The van der Waals surface area contributed by atoms with Crippen molar-refractivity contribution in [3.05, 3.63) is 0 Å². The Morgan fingerprint density at radius 1 is 1.44 bits per heavy atom. The van der Waals surface area contributed by atoms with Gasteiger partial charge in [0.15, 0.2) is 0 Å². The molecule has 0 unspecified atom stereocenters. The van der Waals surface area contributed by atoms with Gasteiger partial charge in [-0.05, 0) is 12.8 Å². The minimum atomic E-state index is -3.69. The van der Waals surface area contributed by atoms with Gasteiger partial charge in [-0.25, -0.2) is 0 Å². The van der Waals surface area contributed by atoms with Crippen molar-refractivity contribution in [3.63, 3.8) is 0 Å². The van der Waals surface area contributed by atoms with E-state index in [1.54, 1.807) is 6.92 Å². The van der Waals surface area contributed by atoms with Gasteiger partial charge in [-0.15, -0.1) is 0 Å². The summed E-state index contributed by atoms with van der Waals surface area (Å²) in [6, 6.07) is -1.06. The second-order valence-electron chi connectivity index (χ2n) is 3.60. The van der Waals surface area contributed by atoms with Crippen molar-refractivity contribution in [1.29, 1.82) is 0 Å². The second kappa shape index (κ2) is 6.82. The average Bonchev–Trinajstić information content (AvgIpc) is 2.21. The average molecular weight is 252 g/mol. The van der Waals surface area contributed by atoms with Crippen molar-refractivity contribution >= 4 is 16.2 Å². The standard InChI is InChI=1S/C9H20N2O4S/c1-4-6-7-11(3)16(14,15)10-8(5-2)9(12)13/h8,10H,4-7H2,1-3H3,(H,12,13)/t8-/m1/s1. The quantitative estimate of drug-likeness (QED) is 0.655. The van der Waals surface area contributed by atoms with Crippen molar-refractivity contribution in [2.24, 2.45) is 0 Å². The molecule has 0 saturated heterocycles. The topological polar surface area (TPSA) is 86.7 Å². The Labute approximate surface area is 96.8 Å². The zero-order valence-electron chi connectivity index (χ0n) is 9.93. The van der Waals surface area contributed by atoms with Crippen molar-refractivity contribution in [2.75, 3.05) is 13.6 Å². The maximum atomic E-state index is 11.7. The minimum absolute atomic E-state index is 0.218. The first-order valence-electron chi connectivity index (χ1n) is 5.31. The molecule has 0 amide bonds. The fraction of sp³-hybridized carbons (Fsp3) is 0.889. The van der Waals surface area contributed by atoms with Gasteiger partial charge in [0.25, 0.3) is 10.2 Å². The largest absolute Gasteiger partial charge is 0.480 e. The number of nitrogens with one attached hydrogen (secondary N) is 1. The van der Waals surface area contributed by atoms with Crippen LogP contribution in [0, 0.1) is 0 Å². The Balaban J connectivity index is 4.48. The predicted molar refractivity (Wildman–Crippen MR) is 61.3 cm³/mol. The third-order valence-corrected chi connectivity index (χ3v) is 3.82. The Morgan fingerprint density at radius 2 is 2.00 bits per heavy atom. The first-order valence-corrected chi connectivity index (χ1v) is 6.75. The smallest absolute Gasteiger partial charge is 0.321 e. The molecule has 0 spiro atoms. The molecule has 0 bridgehead atoms. The molecule has 0 fully saturated rings. The SMILES string of the molecule is CCCCN(C)S(=O)(=O)N[C@H](CC)C(=O)O. The van der Waals surface area contributed by atoms with Crippen LogP contribution in [0.5, 0.6) is 0 Å². The van der Waals surface area contributed by atoms with E-state index in [2.05, 4.69) is 4.72 Å². The number of unbranched alkanes of at least 4 members (excludes halogenated alkanes) is 1. The van der Waals surface area contributed by atoms with Gasteiger partial charge in [-0.3, -0.25) is 4.79 Å². The van der Waals surface area contributed by atoms with Gasteiger partial charge in [0.05, 0.1) is 0 Å². The highest BCUT2D eigenvalue weighted by Gasteiger charge is 2.25. The van der Waals surface area contributed by atoms with E-state index in [0.29, 0.717) is 6.54 Å². The Bertz CT molecular complexity index is 315. The summed E-state index contributed by atoms with van der Waals surface area (Å²) in [5.74, 6) is -1.16. The van der Waals surface area contributed by atoms with Gasteiger partial charge in [-0.1, -0.05) is 20.3 Å². The number of hydrogen-bond donors (Lipinski definition) is 2. The summed E-state index contributed by atoms with van der Waals surface area (Å²) in [5.41, 5.74) is 0. The van der Waals surface area contributed by atoms with Gasteiger partial charge < -0.3 is 5.11 Å². The van der Waals surface area contributed by atoms with Crippen LogP contribution in [0.2, 0.25) is 0 Å². The van der Waals surface area contributed by atoms with Crippen molar-refractivity contribution in [3.8, 4) is 0 Å². The van der Waals surface area contributed by atoms with Crippen LogP contribution in [0.3, 0.4) is 0 Å². The third kappa shape index (κ3) is 4.91. The van der Waals surface area contributed by atoms with Crippen LogP contribution in [0.15, 0.2) is 0 Å².